The van der Waals surface area contributed by atoms with Gasteiger partial charge >= 0.3 is 5.97 Å². The zero-order valence-electron chi connectivity index (χ0n) is 11.7. The number of nitrogens with one attached hydrogen (secondary N) is 2. The Labute approximate surface area is 125 Å². The van der Waals surface area contributed by atoms with Crippen LogP contribution in [0.15, 0.2) is 24.4 Å². The Morgan fingerprint density at radius 1 is 1.32 bits per heavy atom. The van der Waals surface area contributed by atoms with E-state index in [4.69, 9.17) is 5.11 Å². The van der Waals surface area contributed by atoms with Crippen LogP contribution in [0.5, 0.6) is 0 Å². The maximum Gasteiger partial charge on any atom is 0.303 e. The van der Waals surface area contributed by atoms with Crippen LogP contribution in [0.4, 0.5) is 5.69 Å². The van der Waals surface area contributed by atoms with Gasteiger partial charge in [-0.2, -0.15) is 0 Å². The van der Waals surface area contributed by atoms with E-state index in [2.05, 4.69) is 10.3 Å². The number of nitro benzene ring substituents is 1. The second-order valence-electron chi connectivity index (χ2n) is 4.80. The molecule has 3 N–H and O–H groups in total. The zero-order valence-corrected chi connectivity index (χ0v) is 11.7. The highest BCUT2D eigenvalue weighted by Gasteiger charge is 2.15. The first-order valence-corrected chi connectivity index (χ1v) is 6.74. The number of nitro groups is 1. The maximum atomic E-state index is 12.1. The van der Waals surface area contributed by atoms with Gasteiger partial charge in [-0.15, -0.1) is 0 Å². The smallest absolute Gasteiger partial charge is 0.303 e. The molecule has 1 aromatic heterocycles. The molecule has 0 fully saturated rings. The molecule has 1 aromatic carbocycles. The van der Waals surface area contributed by atoms with Crippen LogP contribution in [0, 0.1) is 10.1 Å². The van der Waals surface area contributed by atoms with Crippen LogP contribution in [0.2, 0.25) is 0 Å². The van der Waals surface area contributed by atoms with Crippen molar-refractivity contribution in [3.63, 3.8) is 0 Å². The summed E-state index contributed by atoms with van der Waals surface area (Å²) in [5, 5.41) is 22.5. The van der Waals surface area contributed by atoms with E-state index in [9.17, 15) is 19.7 Å². The van der Waals surface area contributed by atoms with Crippen molar-refractivity contribution >= 4 is 28.5 Å². The molecular formula is C14H15N3O5. The molecule has 1 heterocycles. The number of carboxylic acids is 1. The number of non-ortho nitro benzene ring substituents is 1. The number of benzene rings is 1. The van der Waals surface area contributed by atoms with E-state index in [-0.39, 0.29) is 18.0 Å². The minimum absolute atomic E-state index is 0.0646. The van der Waals surface area contributed by atoms with Crippen molar-refractivity contribution in [2.24, 2.45) is 0 Å². The number of fused-ring (bicyclic) bond motifs is 1. The molecule has 0 bridgehead atoms. The fraction of sp³-hybridized carbons (Fsp3) is 0.286. The third-order valence-corrected chi connectivity index (χ3v) is 3.22. The second-order valence-corrected chi connectivity index (χ2v) is 4.80. The van der Waals surface area contributed by atoms with E-state index >= 15 is 0 Å². The van der Waals surface area contributed by atoms with Gasteiger partial charge in [-0.25, -0.2) is 0 Å². The number of carbonyl (C=O) groups excluding carboxylic acids is 1. The Morgan fingerprint density at radius 3 is 2.77 bits per heavy atom. The molecular weight excluding hydrogens is 290 g/mol. The van der Waals surface area contributed by atoms with Gasteiger partial charge in [0.1, 0.15) is 0 Å². The van der Waals surface area contributed by atoms with Crippen molar-refractivity contribution in [2.75, 3.05) is 6.54 Å². The predicted molar refractivity (Wildman–Crippen MR) is 78.8 cm³/mol. The van der Waals surface area contributed by atoms with Crippen LogP contribution in [-0.4, -0.2) is 33.4 Å². The summed E-state index contributed by atoms with van der Waals surface area (Å²) >= 11 is 0. The summed E-state index contributed by atoms with van der Waals surface area (Å²) in [5.41, 5.74) is 0.890. The van der Waals surface area contributed by atoms with Crippen molar-refractivity contribution in [1.82, 2.24) is 10.3 Å². The third kappa shape index (κ3) is 3.60. The molecule has 2 rings (SSSR count). The van der Waals surface area contributed by atoms with Gasteiger partial charge in [0.15, 0.2) is 0 Å². The number of aliphatic carboxylic acids is 1. The summed E-state index contributed by atoms with van der Waals surface area (Å²) in [5.74, 6) is -1.21. The Bertz CT molecular complexity index is 722. The number of carbonyl (C=O) groups is 2. The maximum absolute atomic E-state index is 12.1. The standard InChI is InChI=1S/C14H15N3O5/c18-13(19)3-1-2-6-15-14(20)11-8-16-12-5-4-9(17(21)22)7-10(11)12/h4-5,7-8,16H,1-3,6H2,(H,15,20)(H,18,19). The molecule has 22 heavy (non-hydrogen) atoms. The number of aromatic nitrogens is 1. The van der Waals surface area contributed by atoms with Gasteiger partial charge < -0.3 is 15.4 Å². The van der Waals surface area contributed by atoms with E-state index < -0.39 is 10.9 Å². The summed E-state index contributed by atoms with van der Waals surface area (Å²) in [4.78, 5) is 35.6. The van der Waals surface area contributed by atoms with Crippen molar-refractivity contribution in [3.05, 3.63) is 40.1 Å². The normalized spacial score (nSPS) is 10.5. The average molecular weight is 305 g/mol. The quantitative estimate of drug-likeness (QED) is 0.410. The minimum Gasteiger partial charge on any atom is -0.481 e. The summed E-state index contributed by atoms with van der Waals surface area (Å²) in [6.45, 7) is 0.355. The van der Waals surface area contributed by atoms with Crippen LogP contribution in [0.25, 0.3) is 10.9 Å². The van der Waals surface area contributed by atoms with Gasteiger partial charge in [0.2, 0.25) is 0 Å². The number of nitrogens with zero attached hydrogens (tertiary/aromatic N) is 1. The number of hydrogen-bond acceptors (Lipinski definition) is 4. The Balaban J connectivity index is 2.03. The lowest BCUT2D eigenvalue weighted by atomic mass is 10.1. The first-order valence-electron chi connectivity index (χ1n) is 6.74. The van der Waals surface area contributed by atoms with Crippen molar-refractivity contribution in [1.29, 1.82) is 0 Å². The molecule has 2 aromatic rings. The van der Waals surface area contributed by atoms with E-state index in [0.29, 0.717) is 35.9 Å². The lowest BCUT2D eigenvalue weighted by Gasteiger charge is -2.03. The van der Waals surface area contributed by atoms with Gasteiger partial charge in [0.05, 0.1) is 10.5 Å². The van der Waals surface area contributed by atoms with Crippen molar-refractivity contribution in [3.8, 4) is 0 Å². The summed E-state index contributed by atoms with van der Waals surface area (Å²) in [7, 11) is 0. The number of aromatic amines is 1. The fourth-order valence-electron chi connectivity index (χ4n) is 2.11. The van der Waals surface area contributed by atoms with E-state index in [0.717, 1.165) is 0 Å². The molecule has 0 aliphatic carbocycles. The summed E-state index contributed by atoms with van der Waals surface area (Å²) < 4.78 is 0. The van der Waals surface area contributed by atoms with Crippen LogP contribution in [-0.2, 0) is 4.79 Å². The van der Waals surface area contributed by atoms with Gasteiger partial charge in [0.25, 0.3) is 11.6 Å². The summed E-state index contributed by atoms with van der Waals surface area (Å²) in [6, 6.07) is 4.27. The number of carboxylic acid groups (broad SMARTS) is 1. The average Bonchev–Trinajstić information content (AvgIpc) is 2.89. The van der Waals surface area contributed by atoms with Gasteiger partial charge in [-0.05, 0) is 18.9 Å². The van der Waals surface area contributed by atoms with Crippen molar-refractivity contribution in [2.45, 2.75) is 19.3 Å². The molecule has 8 heteroatoms. The van der Waals surface area contributed by atoms with E-state index in [1.807, 2.05) is 0 Å². The topological polar surface area (TPSA) is 125 Å². The molecule has 1 amide bonds. The predicted octanol–water partition coefficient (Wildman–Crippen LogP) is 2.06. The molecule has 0 atom stereocenters. The largest absolute Gasteiger partial charge is 0.481 e. The first kappa shape index (κ1) is 15.5. The van der Waals surface area contributed by atoms with Gasteiger partial charge in [0, 0.05) is 42.2 Å². The number of rotatable bonds is 7. The summed E-state index contributed by atoms with van der Waals surface area (Å²) in [6.07, 6.45) is 2.60. The highest BCUT2D eigenvalue weighted by atomic mass is 16.6. The fourth-order valence-corrected chi connectivity index (χ4v) is 2.11. The molecule has 0 spiro atoms. The van der Waals surface area contributed by atoms with Crippen molar-refractivity contribution < 1.29 is 19.6 Å². The van der Waals surface area contributed by atoms with E-state index in [1.165, 1.54) is 18.3 Å². The second kappa shape index (κ2) is 6.70. The highest BCUT2D eigenvalue weighted by Crippen LogP contribution is 2.23. The number of amides is 1. The third-order valence-electron chi connectivity index (χ3n) is 3.22. The highest BCUT2D eigenvalue weighted by molar-refractivity contribution is 6.07. The number of H-pyrrole nitrogens is 1. The Hall–Kier alpha value is -2.90. The first-order chi connectivity index (χ1) is 10.5. The SMILES string of the molecule is O=C(O)CCCCNC(=O)c1c[nH]c2ccc([N+](=O)[O-])cc12. The minimum atomic E-state index is -0.865. The number of unbranched alkanes of at least 4 members (excludes halogenated alkanes) is 1. The molecule has 8 nitrogen and oxygen atoms in total. The molecule has 0 unspecified atom stereocenters. The van der Waals surface area contributed by atoms with Gasteiger partial charge in [-0.1, -0.05) is 0 Å². The van der Waals surface area contributed by atoms with Gasteiger partial charge in [-0.3, -0.25) is 19.7 Å². The molecule has 0 radical (unpaired) electrons. The lowest BCUT2D eigenvalue weighted by molar-refractivity contribution is -0.384. The van der Waals surface area contributed by atoms with Crippen LogP contribution in [0.1, 0.15) is 29.6 Å². The van der Waals surface area contributed by atoms with Crippen LogP contribution >= 0.6 is 0 Å². The molecule has 0 aliphatic rings. The number of hydrogen-bond donors (Lipinski definition) is 3. The van der Waals surface area contributed by atoms with Crippen LogP contribution < -0.4 is 5.32 Å². The monoisotopic (exact) mass is 305 g/mol. The molecule has 116 valence electrons. The molecule has 0 aliphatic heterocycles. The Kier molecular flexibility index (Phi) is 4.72. The zero-order chi connectivity index (χ0) is 16.1. The lowest BCUT2D eigenvalue weighted by Crippen LogP contribution is -2.24. The molecule has 0 saturated heterocycles. The van der Waals surface area contributed by atoms with E-state index in [1.54, 1.807) is 6.07 Å². The Morgan fingerprint density at radius 2 is 2.09 bits per heavy atom. The van der Waals surface area contributed by atoms with Crippen LogP contribution in [0.3, 0.4) is 0 Å². The molecule has 0 saturated carbocycles.